The highest BCUT2D eigenvalue weighted by Crippen LogP contribution is 2.37. The Bertz CT molecular complexity index is 463. The van der Waals surface area contributed by atoms with E-state index in [9.17, 15) is 9.59 Å². The number of aromatic nitrogens is 1. The molecule has 1 unspecified atom stereocenters. The van der Waals surface area contributed by atoms with Gasteiger partial charge in [-0.1, -0.05) is 0 Å². The lowest BCUT2D eigenvalue weighted by Gasteiger charge is -2.11. The standard InChI is InChI=1S/C11H15N3O3/c1-6(10(13)15)17-11(16)9-4-7(12)5-14(9)8-2-3-8/h4-6,8H,2-3,12H2,1H3,(H2,13,15). The summed E-state index contributed by atoms with van der Waals surface area (Å²) in [5.41, 5.74) is 11.6. The lowest BCUT2D eigenvalue weighted by atomic mass is 10.3. The summed E-state index contributed by atoms with van der Waals surface area (Å²) in [5.74, 6) is -1.24. The van der Waals surface area contributed by atoms with Crippen LogP contribution in [0.25, 0.3) is 0 Å². The Hall–Kier alpha value is -1.98. The molecule has 0 saturated heterocycles. The number of hydrogen-bond acceptors (Lipinski definition) is 4. The maximum Gasteiger partial charge on any atom is 0.355 e. The van der Waals surface area contributed by atoms with Crippen molar-refractivity contribution in [3.63, 3.8) is 0 Å². The first-order valence-corrected chi connectivity index (χ1v) is 5.46. The van der Waals surface area contributed by atoms with Crippen LogP contribution in [0.15, 0.2) is 12.3 Å². The van der Waals surface area contributed by atoms with Gasteiger partial charge in [-0.25, -0.2) is 4.79 Å². The Labute approximate surface area is 98.5 Å². The van der Waals surface area contributed by atoms with Gasteiger partial charge >= 0.3 is 5.97 Å². The van der Waals surface area contributed by atoms with Crippen LogP contribution in [0.3, 0.4) is 0 Å². The molecule has 1 fully saturated rings. The van der Waals surface area contributed by atoms with E-state index in [0.717, 1.165) is 12.8 Å². The van der Waals surface area contributed by atoms with Gasteiger partial charge in [-0.3, -0.25) is 4.79 Å². The molecule has 1 aromatic heterocycles. The van der Waals surface area contributed by atoms with Gasteiger partial charge in [-0.15, -0.1) is 0 Å². The van der Waals surface area contributed by atoms with Crippen molar-refractivity contribution in [2.24, 2.45) is 5.73 Å². The molecular weight excluding hydrogens is 222 g/mol. The molecule has 1 amide bonds. The molecule has 0 aliphatic heterocycles. The molecule has 2 rings (SSSR count). The molecule has 1 aromatic rings. The minimum Gasteiger partial charge on any atom is -0.448 e. The fourth-order valence-corrected chi connectivity index (χ4v) is 1.60. The third-order valence-electron chi connectivity index (χ3n) is 2.70. The number of nitrogens with zero attached hydrogens (tertiary/aromatic N) is 1. The molecule has 17 heavy (non-hydrogen) atoms. The molecule has 4 N–H and O–H groups in total. The van der Waals surface area contributed by atoms with Crippen LogP contribution in [-0.4, -0.2) is 22.5 Å². The Kier molecular flexibility index (Phi) is 2.79. The number of ether oxygens (including phenoxy) is 1. The van der Waals surface area contributed by atoms with Gasteiger partial charge in [0.2, 0.25) is 0 Å². The third-order valence-corrected chi connectivity index (χ3v) is 2.70. The summed E-state index contributed by atoms with van der Waals surface area (Å²) in [6.07, 6.45) is 2.83. The smallest absolute Gasteiger partial charge is 0.355 e. The van der Waals surface area contributed by atoms with Crippen LogP contribution in [-0.2, 0) is 9.53 Å². The molecule has 1 atom stereocenters. The topological polar surface area (TPSA) is 100 Å². The molecule has 0 bridgehead atoms. The first-order chi connectivity index (χ1) is 7.99. The second-order valence-electron chi connectivity index (χ2n) is 4.25. The second kappa shape index (κ2) is 4.12. The van der Waals surface area contributed by atoms with Gasteiger partial charge in [0, 0.05) is 12.2 Å². The van der Waals surface area contributed by atoms with Gasteiger partial charge in [0.05, 0.1) is 5.69 Å². The van der Waals surface area contributed by atoms with Crippen LogP contribution in [0.4, 0.5) is 5.69 Å². The first-order valence-electron chi connectivity index (χ1n) is 5.46. The largest absolute Gasteiger partial charge is 0.448 e. The fraction of sp³-hybridized carbons (Fsp3) is 0.455. The maximum absolute atomic E-state index is 11.8. The average molecular weight is 237 g/mol. The summed E-state index contributed by atoms with van der Waals surface area (Å²) in [7, 11) is 0. The number of carbonyl (C=O) groups is 2. The zero-order valence-corrected chi connectivity index (χ0v) is 9.55. The first kappa shape index (κ1) is 11.5. The van der Waals surface area contributed by atoms with E-state index in [4.69, 9.17) is 16.2 Å². The van der Waals surface area contributed by atoms with E-state index in [1.165, 1.54) is 6.92 Å². The Morgan fingerprint density at radius 2 is 2.18 bits per heavy atom. The van der Waals surface area contributed by atoms with Crippen molar-refractivity contribution in [3.8, 4) is 0 Å². The van der Waals surface area contributed by atoms with Crippen molar-refractivity contribution < 1.29 is 14.3 Å². The van der Waals surface area contributed by atoms with Crippen LogP contribution in [0.5, 0.6) is 0 Å². The van der Waals surface area contributed by atoms with Gasteiger partial charge in [0.15, 0.2) is 6.10 Å². The van der Waals surface area contributed by atoms with Crippen LogP contribution in [0.2, 0.25) is 0 Å². The van der Waals surface area contributed by atoms with E-state index >= 15 is 0 Å². The summed E-state index contributed by atoms with van der Waals surface area (Å²) in [5, 5.41) is 0. The van der Waals surface area contributed by atoms with Crippen LogP contribution in [0.1, 0.15) is 36.3 Å². The Balaban J connectivity index is 2.15. The highest BCUT2D eigenvalue weighted by molar-refractivity contribution is 5.91. The number of carbonyl (C=O) groups excluding carboxylic acids is 2. The molecule has 1 saturated carbocycles. The number of rotatable bonds is 4. The molecule has 0 radical (unpaired) electrons. The van der Waals surface area contributed by atoms with Crippen molar-refractivity contribution >= 4 is 17.6 Å². The normalized spacial score (nSPS) is 16.5. The molecule has 1 heterocycles. The van der Waals surface area contributed by atoms with E-state index < -0.39 is 18.0 Å². The van der Waals surface area contributed by atoms with E-state index in [1.807, 2.05) is 0 Å². The van der Waals surface area contributed by atoms with Crippen LogP contribution in [0, 0.1) is 0 Å². The number of primary amides is 1. The number of nitrogen functional groups attached to an aromatic ring is 1. The second-order valence-corrected chi connectivity index (χ2v) is 4.25. The molecule has 1 aliphatic rings. The summed E-state index contributed by atoms with van der Waals surface area (Å²) < 4.78 is 6.74. The number of anilines is 1. The molecule has 92 valence electrons. The molecule has 6 heteroatoms. The number of nitrogens with two attached hydrogens (primary N) is 2. The highest BCUT2D eigenvalue weighted by atomic mass is 16.5. The van der Waals surface area contributed by atoms with E-state index in [2.05, 4.69) is 0 Å². The van der Waals surface area contributed by atoms with Gasteiger partial charge < -0.3 is 20.8 Å². The SMILES string of the molecule is CC(OC(=O)c1cc(N)cn1C1CC1)C(N)=O. The third kappa shape index (κ3) is 2.41. The van der Waals surface area contributed by atoms with Gasteiger partial charge in [-0.05, 0) is 25.8 Å². The maximum atomic E-state index is 11.8. The monoisotopic (exact) mass is 237 g/mol. The Morgan fingerprint density at radius 3 is 2.71 bits per heavy atom. The lowest BCUT2D eigenvalue weighted by molar-refractivity contribution is -0.125. The molecule has 6 nitrogen and oxygen atoms in total. The van der Waals surface area contributed by atoms with Gasteiger partial charge in [0.25, 0.3) is 5.91 Å². The molecule has 1 aliphatic carbocycles. The molecule has 0 aromatic carbocycles. The van der Waals surface area contributed by atoms with Crippen LogP contribution < -0.4 is 11.5 Å². The Morgan fingerprint density at radius 1 is 1.53 bits per heavy atom. The van der Waals surface area contributed by atoms with Crippen LogP contribution >= 0.6 is 0 Å². The van der Waals surface area contributed by atoms with Gasteiger partial charge in [-0.2, -0.15) is 0 Å². The average Bonchev–Trinajstić information content (AvgIpc) is 3.01. The minimum atomic E-state index is -0.939. The fourth-order valence-electron chi connectivity index (χ4n) is 1.60. The van der Waals surface area contributed by atoms with E-state index in [-0.39, 0.29) is 0 Å². The van der Waals surface area contributed by atoms with E-state index in [0.29, 0.717) is 17.4 Å². The number of amides is 1. The van der Waals surface area contributed by atoms with Crippen molar-refractivity contribution in [1.29, 1.82) is 0 Å². The van der Waals surface area contributed by atoms with Crippen molar-refractivity contribution in [1.82, 2.24) is 4.57 Å². The minimum absolute atomic E-state index is 0.318. The number of esters is 1. The quantitative estimate of drug-likeness (QED) is 0.742. The summed E-state index contributed by atoms with van der Waals surface area (Å²) in [4.78, 5) is 22.6. The van der Waals surface area contributed by atoms with Crippen molar-refractivity contribution in [2.45, 2.75) is 31.9 Å². The zero-order valence-electron chi connectivity index (χ0n) is 9.55. The van der Waals surface area contributed by atoms with Crippen molar-refractivity contribution in [3.05, 3.63) is 18.0 Å². The highest BCUT2D eigenvalue weighted by Gasteiger charge is 2.29. The van der Waals surface area contributed by atoms with Gasteiger partial charge in [0.1, 0.15) is 5.69 Å². The zero-order chi connectivity index (χ0) is 12.6. The molecular formula is C11H15N3O3. The van der Waals surface area contributed by atoms with E-state index in [1.54, 1.807) is 16.8 Å². The predicted octanol–water partition coefficient (Wildman–Crippen LogP) is 0.436. The summed E-state index contributed by atoms with van der Waals surface area (Å²) >= 11 is 0. The molecule has 0 spiro atoms. The summed E-state index contributed by atoms with van der Waals surface area (Å²) in [6.45, 7) is 1.44. The predicted molar refractivity (Wildman–Crippen MR) is 61.2 cm³/mol. The number of hydrogen-bond donors (Lipinski definition) is 2. The van der Waals surface area contributed by atoms with Crippen molar-refractivity contribution in [2.75, 3.05) is 5.73 Å². The summed E-state index contributed by atoms with van der Waals surface area (Å²) in [6, 6.07) is 1.87. The lowest BCUT2D eigenvalue weighted by Crippen LogP contribution is -2.31.